The molecule has 2 fully saturated rings. The summed E-state index contributed by atoms with van der Waals surface area (Å²) in [4.78, 5) is 38.6. The number of anilines is 1. The Kier molecular flexibility index (Phi) is 9.95. The van der Waals surface area contributed by atoms with Crippen molar-refractivity contribution in [1.82, 2.24) is 20.2 Å². The highest BCUT2D eigenvalue weighted by Crippen LogP contribution is 2.29. The predicted molar refractivity (Wildman–Crippen MR) is 161 cm³/mol. The molecular formula is C31H36ClN5O2S. The Hall–Kier alpha value is -3.10. The highest BCUT2D eigenvalue weighted by atomic mass is 35.5. The van der Waals surface area contributed by atoms with Gasteiger partial charge in [-0.3, -0.25) is 9.59 Å². The number of halogens is 1. The number of hydrogen-bond donors (Lipinski definition) is 1. The van der Waals surface area contributed by atoms with Crippen molar-refractivity contribution in [3.05, 3.63) is 83.0 Å². The van der Waals surface area contributed by atoms with E-state index in [1.807, 2.05) is 17.0 Å². The van der Waals surface area contributed by atoms with Crippen LogP contribution in [0.3, 0.4) is 0 Å². The van der Waals surface area contributed by atoms with E-state index in [4.69, 9.17) is 11.6 Å². The van der Waals surface area contributed by atoms with Crippen LogP contribution >= 0.6 is 23.4 Å². The van der Waals surface area contributed by atoms with Gasteiger partial charge in [0.25, 0.3) is 0 Å². The summed E-state index contributed by atoms with van der Waals surface area (Å²) in [6.07, 6.45) is 5.18. The van der Waals surface area contributed by atoms with E-state index in [0.29, 0.717) is 48.9 Å². The standard InChI is InChI=1S/C31H36ClN5O2S/c32-27-21-28(36-17-19-37(20-18-36)30(39)25-13-7-8-14-25)35-31(34-27)40-22-29(38)33-16-15-26(23-9-3-1-4-10-23)24-11-5-2-6-12-24/h1-6,9-12,21,25-26H,7-8,13-20,22H2,(H,33,38). The van der Waals surface area contributed by atoms with Gasteiger partial charge in [-0.25, -0.2) is 9.97 Å². The minimum atomic E-state index is -0.0611. The van der Waals surface area contributed by atoms with E-state index in [1.165, 1.54) is 22.9 Å². The molecule has 2 aromatic carbocycles. The van der Waals surface area contributed by atoms with Crippen LogP contribution in [0, 0.1) is 5.92 Å². The van der Waals surface area contributed by atoms with E-state index in [1.54, 1.807) is 6.07 Å². The third-order valence-corrected chi connectivity index (χ3v) is 8.81. The summed E-state index contributed by atoms with van der Waals surface area (Å²) in [5.74, 6) is 1.61. The summed E-state index contributed by atoms with van der Waals surface area (Å²) in [5.41, 5.74) is 2.47. The molecular weight excluding hydrogens is 542 g/mol. The Morgan fingerprint density at radius 2 is 1.55 bits per heavy atom. The molecule has 1 saturated heterocycles. The molecule has 0 bridgehead atoms. The van der Waals surface area contributed by atoms with E-state index in [9.17, 15) is 9.59 Å². The lowest BCUT2D eigenvalue weighted by atomic mass is 9.88. The number of nitrogens with one attached hydrogen (secondary N) is 1. The quantitative estimate of drug-likeness (QED) is 0.197. The van der Waals surface area contributed by atoms with Crippen molar-refractivity contribution in [2.24, 2.45) is 5.92 Å². The van der Waals surface area contributed by atoms with E-state index < -0.39 is 0 Å². The molecule has 0 spiro atoms. The second-order valence-corrected chi connectivity index (χ2v) is 11.8. The van der Waals surface area contributed by atoms with E-state index in [0.717, 1.165) is 37.9 Å². The van der Waals surface area contributed by atoms with Crippen molar-refractivity contribution < 1.29 is 9.59 Å². The number of aromatic nitrogens is 2. The lowest BCUT2D eigenvalue weighted by molar-refractivity contribution is -0.135. The number of carbonyl (C=O) groups excluding carboxylic acids is 2. The Balaban J connectivity index is 1.11. The summed E-state index contributed by atoms with van der Waals surface area (Å²) in [5, 5.41) is 3.89. The first-order valence-electron chi connectivity index (χ1n) is 14.1. The van der Waals surface area contributed by atoms with Gasteiger partial charge in [-0.2, -0.15) is 0 Å². The maximum absolute atomic E-state index is 12.8. The molecule has 7 nitrogen and oxygen atoms in total. The van der Waals surface area contributed by atoms with Crippen LogP contribution in [0.4, 0.5) is 5.82 Å². The van der Waals surface area contributed by atoms with Crippen LogP contribution in [0.5, 0.6) is 0 Å². The number of amides is 2. The molecule has 1 aliphatic heterocycles. The molecule has 9 heteroatoms. The van der Waals surface area contributed by atoms with Gasteiger partial charge in [0.15, 0.2) is 5.16 Å². The zero-order valence-electron chi connectivity index (χ0n) is 22.7. The van der Waals surface area contributed by atoms with E-state index in [-0.39, 0.29) is 23.5 Å². The van der Waals surface area contributed by atoms with Crippen molar-refractivity contribution in [1.29, 1.82) is 0 Å². The van der Waals surface area contributed by atoms with Crippen molar-refractivity contribution in [3.8, 4) is 0 Å². The lowest BCUT2D eigenvalue weighted by Gasteiger charge is -2.36. The average molecular weight is 578 g/mol. The van der Waals surface area contributed by atoms with Crippen LogP contribution in [0.25, 0.3) is 0 Å². The Morgan fingerprint density at radius 3 is 2.17 bits per heavy atom. The maximum atomic E-state index is 12.8. The zero-order chi connectivity index (χ0) is 27.7. The van der Waals surface area contributed by atoms with Gasteiger partial charge >= 0.3 is 0 Å². The second kappa shape index (κ2) is 14.0. The average Bonchev–Trinajstić information content (AvgIpc) is 3.54. The van der Waals surface area contributed by atoms with Crippen molar-refractivity contribution in [2.75, 3.05) is 43.4 Å². The van der Waals surface area contributed by atoms with Crippen molar-refractivity contribution >= 4 is 41.0 Å². The fourth-order valence-electron chi connectivity index (χ4n) is 5.63. The second-order valence-electron chi connectivity index (χ2n) is 10.4. The topological polar surface area (TPSA) is 78.4 Å². The highest BCUT2D eigenvalue weighted by Gasteiger charge is 2.30. The molecule has 1 N–H and O–H groups in total. The van der Waals surface area contributed by atoms with Gasteiger partial charge in [-0.15, -0.1) is 0 Å². The first-order valence-corrected chi connectivity index (χ1v) is 15.5. The number of nitrogens with zero attached hydrogens (tertiary/aromatic N) is 4. The maximum Gasteiger partial charge on any atom is 0.230 e. The molecule has 40 heavy (non-hydrogen) atoms. The van der Waals surface area contributed by atoms with Crippen LogP contribution in [0.2, 0.25) is 5.15 Å². The Labute approximate surface area is 245 Å². The molecule has 0 unspecified atom stereocenters. The molecule has 2 heterocycles. The van der Waals surface area contributed by atoms with Crippen LogP contribution in [0.15, 0.2) is 71.9 Å². The molecule has 0 atom stereocenters. The SMILES string of the molecule is O=C(CSc1nc(Cl)cc(N2CCN(C(=O)C3CCCC3)CC2)n1)NCCC(c1ccccc1)c1ccccc1. The highest BCUT2D eigenvalue weighted by molar-refractivity contribution is 7.99. The van der Waals surface area contributed by atoms with E-state index >= 15 is 0 Å². The number of rotatable bonds is 10. The summed E-state index contributed by atoms with van der Waals surface area (Å²) < 4.78 is 0. The van der Waals surface area contributed by atoms with Crippen LogP contribution in [-0.4, -0.2) is 65.2 Å². The minimum absolute atomic E-state index is 0.0611. The monoisotopic (exact) mass is 577 g/mol. The molecule has 1 aliphatic carbocycles. The zero-order valence-corrected chi connectivity index (χ0v) is 24.2. The van der Waals surface area contributed by atoms with Gasteiger partial charge in [0.05, 0.1) is 5.75 Å². The summed E-state index contributed by atoms with van der Waals surface area (Å²) >= 11 is 7.61. The molecule has 0 radical (unpaired) electrons. The first-order chi connectivity index (χ1) is 19.6. The first kappa shape index (κ1) is 28.4. The fourth-order valence-corrected chi connectivity index (χ4v) is 6.54. The molecule has 1 saturated carbocycles. The summed E-state index contributed by atoms with van der Waals surface area (Å²) in [7, 11) is 0. The smallest absolute Gasteiger partial charge is 0.230 e. The Morgan fingerprint density at radius 1 is 0.925 bits per heavy atom. The third-order valence-electron chi connectivity index (χ3n) is 7.77. The third kappa shape index (κ3) is 7.55. The molecule has 3 aromatic rings. The molecule has 1 aromatic heterocycles. The van der Waals surface area contributed by atoms with Gasteiger partial charge in [0.2, 0.25) is 11.8 Å². The van der Waals surface area contributed by atoms with Gasteiger partial charge in [0, 0.05) is 50.6 Å². The summed E-state index contributed by atoms with van der Waals surface area (Å²) in [6, 6.07) is 22.5. The normalized spacial score (nSPS) is 15.9. The number of benzene rings is 2. The van der Waals surface area contributed by atoms with E-state index in [2.05, 4.69) is 68.7 Å². The van der Waals surface area contributed by atoms with Gasteiger partial charge in [-0.1, -0.05) is 96.9 Å². The van der Waals surface area contributed by atoms with Crippen molar-refractivity contribution in [2.45, 2.75) is 43.2 Å². The fraction of sp³-hybridized carbons (Fsp3) is 0.419. The van der Waals surface area contributed by atoms with Gasteiger partial charge in [-0.05, 0) is 30.4 Å². The largest absolute Gasteiger partial charge is 0.355 e. The van der Waals surface area contributed by atoms with Gasteiger partial charge in [0.1, 0.15) is 11.0 Å². The summed E-state index contributed by atoms with van der Waals surface area (Å²) in [6.45, 7) is 3.36. The molecule has 2 amide bonds. The number of hydrogen-bond acceptors (Lipinski definition) is 6. The van der Waals surface area contributed by atoms with Crippen molar-refractivity contribution in [3.63, 3.8) is 0 Å². The predicted octanol–water partition coefficient (Wildman–Crippen LogP) is 5.40. The van der Waals surface area contributed by atoms with Crippen LogP contribution < -0.4 is 10.2 Å². The number of thioether (sulfide) groups is 1. The van der Waals surface area contributed by atoms with Gasteiger partial charge < -0.3 is 15.1 Å². The number of carbonyl (C=O) groups is 2. The molecule has 2 aliphatic rings. The molecule has 5 rings (SSSR count). The number of piperazine rings is 1. The molecule has 210 valence electrons. The van der Waals surface area contributed by atoms with Crippen LogP contribution in [0.1, 0.15) is 49.1 Å². The Bertz CT molecular complexity index is 1230. The lowest BCUT2D eigenvalue weighted by Crippen LogP contribution is -2.50. The minimum Gasteiger partial charge on any atom is -0.355 e. The van der Waals surface area contributed by atoms with Crippen LogP contribution in [-0.2, 0) is 9.59 Å².